The molecule has 9 heteroatoms. The Morgan fingerprint density at radius 3 is 2.61 bits per heavy atom. The van der Waals surface area contributed by atoms with E-state index in [1.54, 1.807) is 0 Å². The summed E-state index contributed by atoms with van der Waals surface area (Å²) in [5.74, 6) is -0.425. The molecule has 1 saturated heterocycles. The van der Waals surface area contributed by atoms with E-state index >= 15 is 0 Å². The van der Waals surface area contributed by atoms with Crippen molar-refractivity contribution < 1.29 is 9.53 Å². The van der Waals surface area contributed by atoms with Crippen LogP contribution in [0.5, 0.6) is 0 Å². The third-order valence-corrected chi connectivity index (χ3v) is 7.63. The Kier molecular flexibility index (Phi) is 6.99. The highest BCUT2D eigenvalue weighted by atomic mass is 35.5. The minimum Gasteiger partial charge on any atom is -0.465 e. The Bertz CT molecular complexity index is 1130. The topological polar surface area (TPSA) is 44.8 Å². The van der Waals surface area contributed by atoms with Crippen LogP contribution >= 0.6 is 46.8 Å². The van der Waals surface area contributed by atoms with Crippen molar-refractivity contribution >= 4 is 73.6 Å². The summed E-state index contributed by atoms with van der Waals surface area (Å²) < 4.78 is 5.71. The van der Waals surface area contributed by atoms with E-state index in [1.807, 2.05) is 36.4 Å². The molecule has 1 aromatic heterocycles. The lowest BCUT2D eigenvalue weighted by Crippen LogP contribution is -2.49. The lowest BCUT2D eigenvalue weighted by atomic mass is 10.2. The Hall–Kier alpha value is -1.90. The molecule has 2 aromatic carbocycles. The number of methoxy groups -OCH3 is 1. The first kappa shape index (κ1) is 22.3. The van der Waals surface area contributed by atoms with Gasteiger partial charge in [-0.1, -0.05) is 41.4 Å². The average Bonchev–Trinajstić information content (AvgIpc) is 3.11. The van der Waals surface area contributed by atoms with Gasteiger partial charge in [0.2, 0.25) is 0 Å². The Labute approximate surface area is 200 Å². The molecule has 162 valence electrons. The van der Waals surface area contributed by atoms with E-state index in [-0.39, 0.29) is 0 Å². The molecule has 0 radical (unpaired) electrons. The lowest BCUT2D eigenvalue weighted by Gasteiger charge is -2.36. The summed E-state index contributed by atoms with van der Waals surface area (Å²) in [6, 6.07) is 13.7. The van der Waals surface area contributed by atoms with Crippen LogP contribution in [0.15, 0.2) is 42.5 Å². The van der Waals surface area contributed by atoms with Gasteiger partial charge in [-0.3, -0.25) is 4.90 Å². The summed E-state index contributed by atoms with van der Waals surface area (Å²) in [4.78, 5) is 16.8. The predicted molar refractivity (Wildman–Crippen MR) is 133 cm³/mol. The maximum atomic E-state index is 11.9. The standard InChI is InChI=1S/C22H21Cl2N3O2S2/c1-29-21(28)20-19(24)16-7-6-15(12-18(16)31-20)25-22(30)27-10-8-26(9-11-27)13-14-4-2-3-5-17(14)23/h2-7,12H,8-11,13H2,1H3,(H,25,30). The third-order valence-electron chi connectivity index (χ3n) is 5.26. The SMILES string of the molecule is COC(=O)c1sc2cc(NC(=S)N3CCN(Cc4ccccc4Cl)CC3)ccc2c1Cl. The zero-order chi connectivity index (χ0) is 22.0. The van der Waals surface area contributed by atoms with Crippen LogP contribution in [0.4, 0.5) is 5.69 Å². The smallest absolute Gasteiger partial charge is 0.349 e. The maximum absolute atomic E-state index is 11.9. The highest BCUT2D eigenvalue weighted by Crippen LogP contribution is 2.37. The molecule has 0 amide bonds. The molecule has 5 nitrogen and oxygen atoms in total. The van der Waals surface area contributed by atoms with Crippen LogP contribution in [0.1, 0.15) is 15.2 Å². The predicted octanol–water partition coefficient (Wildman–Crippen LogP) is 5.51. The highest BCUT2D eigenvalue weighted by Gasteiger charge is 2.21. The maximum Gasteiger partial charge on any atom is 0.349 e. The molecule has 31 heavy (non-hydrogen) atoms. The van der Waals surface area contributed by atoms with Gasteiger partial charge in [0.25, 0.3) is 0 Å². The molecule has 1 aliphatic heterocycles. The summed E-state index contributed by atoms with van der Waals surface area (Å²) in [6.07, 6.45) is 0. The number of ether oxygens (including phenoxy) is 1. The molecule has 0 aliphatic carbocycles. The number of thiophene rings is 1. The van der Waals surface area contributed by atoms with Crippen LogP contribution in [0.2, 0.25) is 10.0 Å². The molecule has 0 saturated carbocycles. The van der Waals surface area contributed by atoms with Gasteiger partial charge in [0.05, 0.1) is 12.1 Å². The van der Waals surface area contributed by atoms with Crippen LogP contribution in [-0.4, -0.2) is 54.2 Å². The first-order chi connectivity index (χ1) is 15.0. The number of benzene rings is 2. The van der Waals surface area contributed by atoms with Gasteiger partial charge in [-0.25, -0.2) is 4.79 Å². The number of halogens is 2. The van der Waals surface area contributed by atoms with Gasteiger partial charge in [-0.15, -0.1) is 11.3 Å². The van der Waals surface area contributed by atoms with Crippen molar-refractivity contribution in [3.63, 3.8) is 0 Å². The number of anilines is 1. The number of fused-ring (bicyclic) bond motifs is 1. The average molecular weight is 494 g/mol. The zero-order valence-electron chi connectivity index (χ0n) is 16.9. The molecule has 4 rings (SSSR count). The van der Waals surface area contributed by atoms with Crippen LogP contribution in [0.3, 0.4) is 0 Å². The molecular formula is C22H21Cl2N3O2S2. The number of nitrogens with zero attached hydrogens (tertiary/aromatic N) is 2. The second-order valence-electron chi connectivity index (χ2n) is 7.23. The monoisotopic (exact) mass is 493 g/mol. The van der Waals surface area contributed by atoms with E-state index < -0.39 is 5.97 Å². The minimum atomic E-state index is -0.425. The number of carbonyl (C=O) groups excluding carboxylic acids is 1. The number of hydrogen-bond donors (Lipinski definition) is 1. The summed E-state index contributed by atoms with van der Waals surface area (Å²) in [7, 11) is 1.35. The molecular weight excluding hydrogens is 473 g/mol. The number of piperazine rings is 1. The number of rotatable bonds is 4. The van der Waals surface area contributed by atoms with Gasteiger partial charge >= 0.3 is 5.97 Å². The fourth-order valence-electron chi connectivity index (χ4n) is 3.55. The van der Waals surface area contributed by atoms with Crippen molar-refractivity contribution in [2.24, 2.45) is 0 Å². The van der Waals surface area contributed by atoms with Crippen molar-refractivity contribution in [2.45, 2.75) is 6.54 Å². The number of nitrogens with one attached hydrogen (secondary N) is 1. The van der Waals surface area contributed by atoms with E-state index in [0.717, 1.165) is 59.1 Å². The van der Waals surface area contributed by atoms with Crippen LogP contribution in [0, 0.1) is 0 Å². The summed E-state index contributed by atoms with van der Waals surface area (Å²) in [5.41, 5.74) is 2.01. The van der Waals surface area contributed by atoms with Crippen molar-refractivity contribution in [3.8, 4) is 0 Å². The number of esters is 1. The molecule has 3 aromatic rings. The normalized spacial score (nSPS) is 14.6. The summed E-state index contributed by atoms with van der Waals surface area (Å²) in [5, 5.41) is 6.07. The van der Waals surface area contributed by atoms with Crippen LogP contribution in [-0.2, 0) is 11.3 Å². The molecule has 1 N–H and O–H groups in total. The van der Waals surface area contributed by atoms with E-state index in [0.29, 0.717) is 15.0 Å². The Balaban J connectivity index is 1.37. The largest absolute Gasteiger partial charge is 0.465 e. The second-order valence-corrected chi connectivity index (χ2v) is 9.46. The highest BCUT2D eigenvalue weighted by molar-refractivity contribution is 7.80. The van der Waals surface area contributed by atoms with Gasteiger partial charge in [-0.2, -0.15) is 0 Å². The van der Waals surface area contributed by atoms with Crippen molar-refractivity contribution in [3.05, 3.63) is 63.0 Å². The molecule has 1 fully saturated rings. The van der Waals surface area contributed by atoms with Crippen molar-refractivity contribution in [1.82, 2.24) is 9.80 Å². The van der Waals surface area contributed by atoms with Gasteiger partial charge < -0.3 is 15.0 Å². The van der Waals surface area contributed by atoms with Gasteiger partial charge in [0.1, 0.15) is 4.88 Å². The fraction of sp³-hybridized carbons (Fsp3) is 0.273. The molecule has 0 unspecified atom stereocenters. The number of thiocarbonyl (C=S) groups is 1. The molecule has 0 bridgehead atoms. The second kappa shape index (κ2) is 9.71. The van der Waals surface area contributed by atoms with Crippen LogP contribution < -0.4 is 5.32 Å². The van der Waals surface area contributed by atoms with Crippen molar-refractivity contribution in [2.75, 3.05) is 38.6 Å². The molecule has 0 spiro atoms. The summed E-state index contributed by atoms with van der Waals surface area (Å²) >= 11 is 19.6. The first-order valence-electron chi connectivity index (χ1n) is 9.78. The van der Waals surface area contributed by atoms with Gasteiger partial charge in [-0.05, 0) is 42.0 Å². The number of carbonyl (C=O) groups is 1. The third kappa shape index (κ3) is 4.96. The zero-order valence-corrected chi connectivity index (χ0v) is 20.0. The summed E-state index contributed by atoms with van der Waals surface area (Å²) in [6.45, 7) is 4.35. The van der Waals surface area contributed by atoms with E-state index in [1.165, 1.54) is 18.4 Å². The minimum absolute atomic E-state index is 0.411. The van der Waals surface area contributed by atoms with E-state index in [2.05, 4.69) is 21.2 Å². The molecule has 2 heterocycles. The Morgan fingerprint density at radius 2 is 1.90 bits per heavy atom. The van der Waals surface area contributed by atoms with Crippen LogP contribution in [0.25, 0.3) is 10.1 Å². The lowest BCUT2D eigenvalue weighted by molar-refractivity contribution is 0.0606. The van der Waals surface area contributed by atoms with Gasteiger partial charge in [0, 0.05) is 53.5 Å². The van der Waals surface area contributed by atoms with E-state index in [4.69, 9.17) is 40.2 Å². The van der Waals surface area contributed by atoms with E-state index in [9.17, 15) is 4.79 Å². The molecule has 0 atom stereocenters. The molecule has 1 aliphatic rings. The number of hydrogen-bond acceptors (Lipinski definition) is 5. The van der Waals surface area contributed by atoms with Gasteiger partial charge in [0.15, 0.2) is 5.11 Å². The quantitative estimate of drug-likeness (QED) is 0.381. The Morgan fingerprint density at radius 1 is 1.16 bits per heavy atom. The fourth-order valence-corrected chi connectivity index (χ4v) is 5.51. The first-order valence-corrected chi connectivity index (χ1v) is 11.8. The van der Waals surface area contributed by atoms with Crippen molar-refractivity contribution in [1.29, 1.82) is 0 Å².